The van der Waals surface area contributed by atoms with Gasteiger partial charge in [-0.15, -0.1) is 0 Å². The molecule has 0 fully saturated rings. The number of amidine groups is 1. The van der Waals surface area contributed by atoms with Gasteiger partial charge in [-0.2, -0.15) is 0 Å². The zero-order valence-corrected chi connectivity index (χ0v) is 13.1. The Bertz CT molecular complexity index is 427. The first-order valence-corrected chi connectivity index (χ1v) is 7.02. The molecular weight excluding hydrogens is 290 g/mol. The summed E-state index contributed by atoms with van der Waals surface area (Å²) in [7, 11) is 0. The van der Waals surface area contributed by atoms with E-state index in [0.717, 1.165) is 22.3 Å². The van der Waals surface area contributed by atoms with Gasteiger partial charge in [-0.25, -0.2) is 0 Å². The summed E-state index contributed by atoms with van der Waals surface area (Å²) in [6.45, 7) is 9.82. The van der Waals surface area contributed by atoms with E-state index in [-0.39, 0.29) is 5.84 Å². The molecule has 1 aromatic carbocycles. The van der Waals surface area contributed by atoms with Crippen LogP contribution in [0.15, 0.2) is 22.7 Å². The first-order valence-electron chi connectivity index (χ1n) is 6.23. The van der Waals surface area contributed by atoms with Crippen molar-refractivity contribution in [3.8, 4) is 0 Å². The quantitative estimate of drug-likeness (QED) is 0.645. The highest BCUT2D eigenvalue weighted by atomic mass is 79.9. The van der Waals surface area contributed by atoms with Crippen LogP contribution in [-0.2, 0) is 0 Å². The smallest absolute Gasteiger partial charge is 0.122 e. The van der Waals surface area contributed by atoms with Crippen LogP contribution in [0.3, 0.4) is 0 Å². The first kappa shape index (κ1) is 15.0. The molecule has 4 heteroatoms. The van der Waals surface area contributed by atoms with Gasteiger partial charge in [-0.05, 0) is 53.9 Å². The van der Waals surface area contributed by atoms with E-state index < -0.39 is 0 Å². The fourth-order valence-corrected chi connectivity index (χ4v) is 2.49. The maximum atomic E-state index is 7.45. The highest BCUT2D eigenvalue weighted by Crippen LogP contribution is 2.29. The number of hydrogen-bond donors (Lipinski definition) is 2. The lowest BCUT2D eigenvalue weighted by atomic mass is 10.1. The Labute approximate surface area is 118 Å². The summed E-state index contributed by atoms with van der Waals surface area (Å²) in [6, 6.07) is 6.28. The van der Waals surface area contributed by atoms with Gasteiger partial charge in [0.2, 0.25) is 0 Å². The van der Waals surface area contributed by atoms with Gasteiger partial charge in [-0.1, -0.05) is 13.8 Å². The predicted molar refractivity (Wildman–Crippen MR) is 82.5 cm³/mol. The van der Waals surface area contributed by atoms with E-state index in [1.54, 1.807) is 0 Å². The number of nitrogens with two attached hydrogens (primary N) is 1. The van der Waals surface area contributed by atoms with E-state index in [1.165, 1.54) is 0 Å². The maximum absolute atomic E-state index is 7.45. The van der Waals surface area contributed by atoms with Crippen LogP contribution >= 0.6 is 15.9 Å². The zero-order chi connectivity index (χ0) is 13.9. The highest BCUT2D eigenvalue weighted by Gasteiger charge is 2.15. The van der Waals surface area contributed by atoms with Crippen molar-refractivity contribution in [3.63, 3.8) is 0 Å². The number of nitrogens with one attached hydrogen (secondary N) is 1. The van der Waals surface area contributed by atoms with E-state index in [2.05, 4.69) is 48.5 Å². The van der Waals surface area contributed by atoms with Crippen molar-refractivity contribution in [2.45, 2.75) is 33.7 Å². The van der Waals surface area contributed by atoms with Crippen molar-refractivity contribution in [2.75, 3.05) is 11.4 Å². The monoisotopic (exact) mass is 311 g/mol. The van der Waals surface area contributed by atoms with Crippen LogP contribution in [0.2, 0.25) is 0 Å². The minimum Gasteiger partial charge on any atom is -0.384 e. The fourth-order valence-electron chi connectivity index (χ4n) is 1.89. The van der Waals surface area contributed by atoms with Crippen LogP contribution in [-0.4, -0.2) is 18.4 Å². The molecule has 0 radical (unpaired) electrons. The lowest BCUT2D eigenvalue weighted by molar-refractivity contribution is 0.570. The third kappa shape index (κ3) is 3.73. The molecule has 100 valence electrons. The molecule has 0 unspecified atom stereocenters. The minimum atomic E-state index is 0.0993. The molecule has 3 nitrogen and oxygen atoms in total. The second-order valence-electron chi connectivity index (χ2n) is 5.22. The number of nitrogens with zero attached hydrogens (tertiary/aromatic N) is 1. The summed E-state index contributed by atoms with van der Waals surface area (Å²) in [6.07, 6.45) is 0. The second-order valence-corrected chi connectivity index (χ2v) is 6.07. The van der Waals surface area contributed by atoms with Crippen molar-refractivity contribution in [3.05, 3.63) is 28.2 Å². The predicted octanol–water partition coefficient (Wildman–Crippen LogP) is 3.60. The molecule has 0 aromatic heterocycles. The van der Waals surface area contributed by atoms with Gasteiger partial charge in [0, 0.05) is 22.6 Å². The highest BCUT2D eigenvalue weighted by molar-refractivity contribution is 9.10. The molecule has 0 saturated carbocycles. The van der Waals surface area contributed by atoms with Crippen LogP contribution in [0.1, 0.15) is 33.3 Å². The van der Waals surface area contributed by atoms with Gasteiger partial charge >= 0.3 is 0 Å². The molecule has 0 heterocycles. The Balaban J connectivity index is 3.09. The van der Waals surface area contributed by atoms with Gasteiger partial charge < -0.3 is 10.6 Å². The van der Waals surface area contributed by atoms with Crippen molar-refractivity contribution in [1.82, 2.24) is 0 Å². The summed E-state index contributed by atoms with van der Waals surface area (Å²) in [5, 5.41) is 7.45. The molecule has 0 aliphatic heterocycles. The van der Waals surface area contributed by atoms with E-state index in [1.807, 2.05) is 18.2 Å². The van der Waals surface area contributed by atoms with E-state index in [9.17, 15) is 0 Å². The SMILES string of the molecule is CC(C)CN(c1ccc(C(=N)N)cc1Br)C(C)C. The summed E-state index contributed by atoms with van der Waals surface area (Å²) in [5.74, 6) is 0.703. The van der Waals surface area contributed by atoms with Crippen molar-refractivity contribution >= 4 is 27.5 Å². The number of halogens is 1. The number of benzene rings is 1. The van der Waals surface area contributed by atoms with Gasteiger partial charge in [0.05, 0.1) is 5.69 Å². The van der Waals surface area contributed by atoms with Crippen LogP contribution in [0.4, 0.5) is 5.69 Å². The average molecular weight is 312 g/mol. The lowest BCUT2D eigenvalue weighted by Gasteiger charge is -2.31. The molecule has 0 amide bonds. The third-order valence-corrected chi connectivity index (χ3v) is 3.39. The molecule has 0 spiro atoms. The van der Waals surface area contributed by atoms with Crippen molar-refractivity contribution in [1.29, 1.82) is 5.41 Å². The Morgan fingerprint density at radius 3 is 2.33 bits per heavy atom. The standard InChI is InChI=1S/C14H22BrN3/c1-9(2)8-18(10(3)4)13-6-5-11(14(16)17)7-12(13)15/h5-7,9-10H,8H2,1-4H3,(H3,16,17). The molecule has 18 heavy (non-hydrogen) atoms. The molecule has 0 aliphatic rings. The molecule has 1 rings (SSSR count). The lowest BCUT2D eigenvalue weighted by Crippen LogP contribution is -2.34. The Hall–Kier alpha value is -1.03. The van der Waals surface area contributed by atoms with Crippen LogP contribution < -0.4 is 10.6 Å². The molecule has 0 aliphatic carbocycles. The zero-order valence-electron chi connectivity index (χ0n) is 11.5. The molecule has 1 aromatic rings. The summed E-state index contributed by atoms with van der Waals surface area (Å²) >= 11 is 3.58. The van der Waals surface area contributed by atoms with Crippen molar-refractivity contribution < 1.29 is 0 Å². The van der Waals surface area contributed by atoms with E-state index >= 15 is 0 Å². The van der Waals surface area contributed by atoms with Crippen LogP contribution in [0.5, 0.6) is 0 Å². The molecule has 0 bridgehead atoms. The number of nitrogen functional groups attached to an aromatic ring is 1. The Morgan fingerprint density at radius 1 is 1.33 bits per heavy atom. The summed E-state index contributed by atoms with van der Waals surface area (Å²) in [4.78, 5) is 2.36. The van der Waals surface area contributed by atoms with Crippen molar-refractivity contribution in [2.24, 2.45) is 11.7 Å². The van der Waals surface area contributed by atoms with E-state index in [4.69, 9.17) is 11.1 Å². The summed E-state index contributed by atoms with van der Waals surface area (Å²) < 4.78 is 0.990. The van der Waals surface area contributed by atoms with Gasteiger partial charge in [-0.3, -0.25) is 5.41 Å². The molecule has 0 atom stereocenters. The Kier molecular flexibility index (Phi) is 5.20. The van der Waals surface area contributed by atoms with Gasteiger partial charge in [0.15, 0.2) is 0 Å². The number of rotatable bonds is 5. The fraction of sp³-hybridized carbons (Fsp3) is 0.500. The van der Waals surface area contributed by atoms with Gasteiger partial charge in [0.1, 0.15) is 5.84 Å². The average Bonchev–Trinajstić information content (AvgIpc) is 2.25. The molecule has 0 saturated heterocycles. The summed E-state index contributed by atoms with van der Waals surface area (Å²) in [5.41, 5.74) is 7.40. The largest absolute Gasteiger partial charge is 0.384 e. The first-order chi connectivity index (χ1) is 8.32. The second kappa shape index (κ2) is 6.23. The Morgan fingerprint density at radius 2 is 1.94 bits per heavy atom. The van der Waals surface area contributed by atoms with Crippen LogP contribution in [0.25, 0.3) is 0 Å². The molecular formula is C14H22BrN3. The minimum absolute atomic E-state index is 0.0993. The topological polar surface area (TPSA) is 53.1 Å². The normalized spacial score (nSPS) is 11.1. The molecule has 3 N–H and O–H groups in total. The van der Waals surface area contributed by atoms with E-state index in [0.29, 0.717) is 12.0 Å². The maximum Gasteiger partial charge on any atom is 0.122 e. The number of hydrogen-bond acceptors (Lipinski definition) is 2. The third-order valence-electron chi connectivity index (χ3n) is 2.75. The van der Waals surface area contributed by atoms with Crippen LogP contribution in [0, 0.1) is 11.3 Å². The van der Waals surface area contributed by atoms with Gasteiger partial charge in [0.25, 0.3) is 0 Å². The number of anilines is 1.